The van der Waals surface area contributed by atoms with E-state index in [1.165, 1.54) is 5.56 Å². The zero-order valence-electron chi connectivity index (χ0n) is 21.4. The Balaban J connectivity index is 1.72. The minimum atomic E-state index is -0.168. The van der Waals surface area contributed by atoms with Gasteiger partial charge in [0.1, 0.15) is 0 Å². The molecule has 0 bridgehead atoms. The summed E-state index contributed by atoms with van der Waals surface area (Å²) in [5, 5.41) is 0. The van der Waals surface area contributed by atoms with Crippen molar-refractivity contribution in [1.29, 1.82) is 0 Å². The molecular formula is C29H33NO5. The van der Waals surface area contributed by atoms with Gasteiger partial charge in [-0.25, -0.2) is 0 Å². The third-order valence-corrected chi connectivity index (χ3v) is 7.41. The number of carbonyl (C=O) groups excluding carboxylic acids is 1. The molecular weight excluding hydrogens is 442 g/mol. The smallest absolute Gasteiger partial charge is 0.162 e. The Hall–Kier alpha value is -3.41. The quantitative estimate of drug-likeness (QED) is 0.580. The average Bonchev–Trinajstić information content (AvgIpc) is 2.85. The first kappa shape index (κ1) is 23.3. The zero-order valence-corrected chi connectivity index (χ0v) is 21.4. The first-order chi connectivity index (χ1) is 16.8. The lowest BCUT2D eigenvalue weighted by Crippen LogP contribution is -2.40. The molecule has 2 aliphatic heterocycles. The van der Waals surface area contributed by atoms with Gasteiger partial charge in [0.05, 0.1) is 28.4 Å². The van der Waals surface area contributed by atoms with E-state index in [0.717, 1.165) is 53.2 Å². The van der Waals surface area contributed by atoms with Crippen LogP contribution in [0.3, 0.4) is 0 Å². The summed E-state index contributed by atoms with van der Waals surface area (Å²) in [7, 11) is 6.60. The number of ketones is 1. The van der Waals surface area contributed by atoms with Crippen molar-refractivity contribution in [2.45, 2.75) is 39.0 Å². The maximum atomic E-state index is 13.6. The highest BCUT2D eigenvalue weighted by molar-refractivity contribution is 6.01. The predicted octanol–water partition coefficient (Wildman–Crippen LogP) is 5.36. The highest BCUT2D eigenvalue weighted by Crippen LogP contribution is 2.51. The number of ether oxygens (including phenoxy) is 4. The lowest BCUT2D eigenvalue weighted by atomic mass is 9.69. The second-order valence-electron chi connectivity index (χ2n) is 10.2. The van der Waals surface area contributed by atoms with Gasteiger partial charge in [0.25, 0.3) is 0 Å². The third-order valence-electron chi connectivity index (χ3n) is 7.41. The molecule has 0 saturated heterocycles. The van der Waals surface area contributed by atoms with Gasteiger partial charge in [0.2, 0.25) is 0 Å². The average molecular weight is 476 g/mol. The van der Waals surface area contributed by atoms with E-state index in [0.29, 0.717) is 23.7 Å². The normalized spacial score (nSPS) is 20.4. The Bertz CT molecular complexity index is 1260. The van der Waals surface area contributed by atoms with Crippen molar-refractivity contribution in [1.82, 2.24) is 4.90 Å². The van der Waals surface area contributed by atoms with Gasteiger partial charge < -0.3 is 23.8 Å². The van der Waals surface area contributed by atoms with E-state index < -0.39 is 0 Å². The van der Waals surface area contributed by atoms with E-state index in [1.807, 2.05) is 18.2 Å². The molecule has 5 rings (SSSR count). The molecule has 2 aromatic rings. The number of allylic oxidation sites excluding steroid dienone is 3. The van der Waals surface area contributed by atoms with Crippen LogP contribution < -0.4 is 18.9 Å². The standard InChI is InChI=1S/C29H33NO5/c1-29(2)15-22-28(23(31)16-29)20(17-7-8-24(32-3)25(11-17)33-4)13-21-19-14-27(35-6)26(34-5)12-18(19)9-10-30(21)22/h7-8,11-14,20H,9-10,15-16H2,1-6H3/t20-/m1/s1. The minimum absolute atomic E-state index is 0.0849. The summed E-state index contributed by atoms with van der Waals surface area (Å²) in [6.45, 7) is 5.20. The molecule has 0 N–H and O–H groups in total. The number of carbonyl (C=O) groups is 1. The van der Waals surface area contributed by atoms with Crippen LogP contribution in [0.25, 0.3) is 5.70 Å². The molecule has 0 aromatic heterocycles. The molecule has 184 valence electrons. The second kappa shape index (κ2) is 8.67. The fourth-order valence-corrected chi connectivity index (χ4v) is 5.77. The number of benzene rings is 2. The Morgan fingerprint density at radius 3 is 2.20 bits per heavy atom. The van der Waals surface area contributed by atoms with E-state index in [2.05, 4.69) is 37.0 Å². The van der Waals surface area contributed by atoms with E-state index in [9.17, 15) is 4.79 Å². The van der Waals surface area contributed by atoms with E-state index in [1.54, 1.807) is 28.4 Å². The van der Waals surface area contributed by atoms with Gasteiger partial charge in [-0.05, 0) is 59.7 Å². The molecule has 0 amide bonds. The summed E-state index contributed by atoms with van der Waals surface area (Å²) in [6, 6.07) is 10.1. The molecule has 35 heavy (non-hydrogen) atoms. The topological polar surface area (TPSA) is 57.2 Å². The molecule has 0 radical (unpaired) electrons. The fraction of sp³-hybridized carbons (Fsp3) is 0.414. The number of hydrogen-bond acceptors (Lipinski definition) is 6. The van der Waals surface area contributed by atoms with Crippen molar-refractivity contribution in [2.24, 2.45) is 5.41 Å². The minimum Gasteiger partial charge on any atom is -0.493 e. The summed E-state index contributed by atoms with van der Waals surface area (Å²) in [4.78, 5) is 16.0. The van der Waals surface area contributed by atoms with Crippen molar-refractivity contribution < 1.29 is 23.7 Å². The maximum absolute atomic E-state index is 13.6. The fourth-order valence-electron chi connectivity index (χ4n) is 5.77. The van der Waals surface area contributed by atoms with Crippen LogP contribution in [-0.2, 0) is 11.2 Å². The van der Waals surface area contributed by atoms with Gasteiger partial charge in [-0.1, -0.05) is 19.9 Å². The van der Waals surface area contributed by atoms with E-state index >= 15 is 0 Å². The van der Waals surface area contributed by atoms with Crippen molar-refractivity contribution in [3.05, 3.63) is 64.4 Å². The molecule has 0 spiro atoms. The summed E-state index contributed by atoms with van der Waals surface area (Å²) in [5.74, 6) is 2.83. The number of hydrogen-bond donors (Lipinski definition) is 0. The van der Waals surface area contributed by atoms with Crippen LogP contribution in [0.15, 0.2) is 47.7 Å². The Labute approximate surface area is 207 Å². The molecule has 0 saturated carbocycles. The first-order valence-corrected chi connectivity index (χ1v) is 12.0. The predicted molar refractivity (Wildman–Crippen MR) is 135 cm³/mol. The summed E-state index contributed by atoms with van der Waals surface area (Å²) in [5.41, 5.74) is 6.45. The van der Waals surface area contributed by atoms with Crippen LogP contribution in [0.2, 0.25) is 0 Å². The van der Waals surface area contributed by atoms with Crippen molar-refractivity contribution in [3.8, 4) is 23.0 Å². The van der Waals surface area contributed by atoms with E-state index in [-0.39, 0.29) is 17.1 Å². The first-order valence-electron chi connectivity index (χ1n) is 12.0. The molecule has 2 aromatic carbocycles. The Morgan fingerprint density at radius 2 is 1.51 bits per heavy atom. The van der Waals surface area contributed by atoms with Crippen LogP contribution in [0.5, 0.6) is 23.0 Å². The summed E-state index contributed by atoms with van der Waals surface area (Å²) < 4.78 is 22.3. The van der Waals surface area contributed by atoms with Crippen LogP contribution in [-0.4, -0.2) is 45.7 Å². The lowest BCUT2D eigenvalue weighted by Gasteiger charge is -2.46. The molecule has 3 aliphatic rings. The van der Waals surface area contributed by atoms with Crippen molar-refractivity contribution in [2.75, 3.05) is 35.0 Å². The lowest BCUT2D eigenvalue weighted by molar-refractivity contribution is -0.118. The number of nitrogens with zero attached hydrogens (tertiary/aromatic N) is 1. The van der Waals surface area contributed by atoms with Gasteiger partial charge >= 0.3 is 0 Å². The van der Waals surface area contributed by atoms with Gasteiger partial charge in [0, 0.05) is 41.4 Å². The molecule has 1 aliphatic carbocycles. The SMILES string of the molecule is COc1ccc([C@H]2C=C3c4cc(OC)c(OC)cc4CCN3C3=C2C(=O)CC(C)(C)C3)cc1OC. The highest BCUT2D eigenvalue weighted by atomic mass is 16.5. The molecule has 2 heterocycles. The largest absolute Gasteiger partial charge is 0.493 e. The Morgan fingerprint density at radius 1 is 0.857 bits per heavy atom. The monoisotopic (exact) mass is 475 g/mol. The van der Waals surface area contributed by atoms with Crippen LogP contribution in [0.1, 0.15) is 49.3 Å². The van der Waals surface area contributed by atoms with Gasteiger partial charge in [-0.15, -0.1) is 0 Å². The number of Topliss-reactive ketones (excluding diaryl/α,β-unsaturated/α-hetero) is 1. The molecule has 0 unspecified atom stereocenters. The van der Waals surface area contributed by atoms with Crippen LogP contribution in [0.4, 0.5) is 0 Å². The molecule has 6 heteroatoms. The summed E-state index contributed by atoms with van der Waals surface area (Å²) in [6.07, 6.45) is 4.52. The van der Waals surface area contributed by atoms with Crippen LogP contribution >= 0.6 is 0 Å². The molecule has 0 fully saturated rings. The van der Waals surface area contributed by atoms with Crippen molar-refractivity contribution in [3.63, 3.8) is 0 Å². The number of methoxy groups -OCH3 is 4. The molecule has 6 nitrogen and oxygen atoms in total. The summed E-state index contributed by atoms with van der Waals surface area (Å²) >= 11 is 0. The van der Waals surface area contributed by atoms with Gasteiger partial charge in [-0.2, -0.15) is 0 Å². The maximum Gasteiger partial charge on any atom is 0.162 e. The number of fused-ring (bicyclic) bond motifs is 4. The highest BCUT2D eigenvalue weighted by Gasteiger charge is 2.43. The Kier molecular flexibility index (Phi) is 5.78. The van der Waals surface area contributed by atoms with Crippen LogP contribution in [0, 0.1) is 5.41 Å². The van der Waals surface area contributed by atoms with E-state index in [4.69, 9.17) is 18.9 Å². The van der Waals surface area contributed by atoms with Gasteiger partial charge in [0.15, 0.2) is 28.8 Å². The van der Waals surface area contributed by atoms with Crippen molar-refractivity contribution >= 4 is 11.5 Å². The number of rotatable bonds is 5. The zero-order chi connectivity index (χ0) is 24.9. The van der Waals surface area contributed by atoms with Gasteiger partial charge in [-0.3, -0.25) is 4.79 Å². The second-order valence-corrected chi connectivity index (χ2v) is 10.2. The molecule has 1 atom stereocenters. The third kappa shape index (κ3) is 3.85.